The van der Waals surface area contributed by atoms with E-state index in [0.29, 0.717) is 35.7 Å². The average Bonchev–Trinajstić information content (AvgIpc) is 3.64. The number of rotatable bonds is 7. The first-order chi connectivity index (χ1) is 18.0. The SMILES string of the molecule is C=C/C=C(Nc1ncc(C(=O)N2CCn3nccc32)cc1NC(=O)c1csc2ccccc12)\C(C)=C/C. The van der Waals surface area contributed by atoms with Crippen molar-refractivity contribution in [3.8, 4) is 0 Å². The Hall–Kier alpha value is -4.50. The number of fused-ring (bicyclic) bond motifs is 2. The summed E-state index contributed by atoms with van der Waals surface area (Å²) in [6, 6.07) is 11.2. The Labute approximate surface area is 218 Å². The van der Waals surface area contributed by atoms with Gasteiger partial charge in [0.15, 0.2) is 5.82 Å². The van der Waals surface area contributed by atoms with Crippen LogP contribution in [0.3, 0.4) is 0 Å². The van der Waals surface area contributed by atoms with Gasteiger partial charge in [0.05, 0.1) is 29.6 Å². The van der Waals surface area contributed by atoms with Crippen LogP contribution in [0.15, 0.2) is 90.2 Å². The minimum Gasteiger partial charge on any atom is -0.338 e. The Bertz CT molecular complexity index is 1580. The molecule has 5 rings (SSSR count). The summed E-state index contributed by atoms with van der Waals surface area (Å²) in [7, 11) is 0. The van der Waals surface area contributed by atoms with E-state index in [9.17, 15) is 9.59 Å². The third-order valence-corrected chi connectivity index (χ3v) is 7.22. The second kappa shape index (κ2) is 10.2. The Morgan fingerprint density at radius 2 is 2.00 bits per heavy atom. The minimum atomic E-state index is -0.275. The van der Waals surface area contributed by atoms with Gasteiger partial charge in [-0.2, -0.15) is 5.10 Å². The standard InChI is InChI=1S/C28H26N6O2S/c1-4-8-22(18(3)5-2)31-26-23(32-27(35)21-17-37-24-10-7-6-9-20(21)24)15-19(16-29-26)28(36)33-13-14-34-25(33)11-12-30-34/h4-12,15-17H,1,13-14H2,2-3H3,(H,29,31)(H,32,35)/b18-5-,22-8+. The predicted octanol–water partition coefficient (Wildman–Crippen LogP) is 5.85. The van der Waals surface area contributed by atoms with Gasteiger partial charge < -0.3 is 10.6 Å². The molecule has 4 heterocycles. The number of hydrogen-bond donors (Lipinski definition) is 2. The number of hydrogen-bond acceptors (Lipinski definition) is 6. The second-order valence-electron chi connectivity index (χ2n) is 8.50. The number of pyridine rings is 1. The molecule has 186 valence electrons. The summed E-state index contributed by atoms with van der Waals surface area (Å²) in [6.07, 6.45) is 8.68. The van der Waals surface area contributed by atoms with Crippen LogP contribution >= 0.6 is 11.3 Å². The molecule has 2 N–H and O–H groups in total. The summed E-state index contributed by atoms with van der Waals surface area (Å²) in [5.74, 6) is 0.678. The van der Waals surface area contributed by atoms with Crippen molar-refractivity contribution in [3.05, 3.63) is 101 Å². The summed E-state index contributed by atoms with van der Waals surface area (Å²) >= 11 is 1.51. The van der Waals surface area contributed by atoms with Crippen molar-refractivity contribution < 1.29 is 9.59 Å². The molecule has 0 spiro atoms. The van der Waals surface area contributed by atoms with E-state index < -0.39 is 0 Å². The van der Waals surface area contributed by atoms with E-state index >= 15 is 0 Å². The van der Waals surface area contributed by atoms with Gasteiger partial charge in [-0.3, -0.25) is 14.5 Å². The molecule has 9 heteroatoms. The third kappa shape index (κ3) is 4.68. The van der Waals surface area contributed by atoms with Gasteiger partial charge >= 0.3 is 0 Å². The third-order valence-electron chi connectivity index (χ3n) is 6.26. The molecule has 0 bridgehead atoms. The lowest BCUT2D eigenvalue weighted by Crippen LogP contribution is -2.29. The molecule has 1 aromatic carbocycles. The van der Waals surface area contributed by atoms with Crippen LogP contribution in [0.25, 0.3) is 10.1 Å². The Kier molecular flexibility index (Phi) is 6.70. The number of aromatic nitrogens is 3. The maximum Gasteiger partial charge on any atom is 0.261 e. The first-order valence-corrected chi connectivity index (χ1v) is 12.7. The lowest BCUT2D eigenvalue weighted by molar-refractivity contribution is 0.0986. The fourth-order valence-electron chi connectivity index (χ4n) is 4.19. The fourth-order valence-corrected chi connectivity index (χ4v) is 5.13. The molecule has 0 aliphatic carbocycles. The molecule has 0 atom stereocenters. The van der Waals surface area contributed by atoms with E-state index in [0.717, 1.165) is 27.2 Å². The highest BCUT2D eigenvalue weighted by atomic mass is 32.1. The molecule has 2 amide bonds. The number of carbonyl (C=O) groups excluding carboxylic acids is 2. The van der Waals surface area contributed by atoms with E-state index in [1.165, 1.54) is 17.5 Å². The zero-order valence-electron chi connectivity index (χ0n) is 20.6. The molecule has 37 heavy (non-hydrogen) atoms. The number of allylic oxidation sites excluding steroid dienone is 4. The van der Waals surface area contributed by atoms with E-state index in [2.05, 4.69) is 27.3 Å². The Morgan fingerprint density at radius 3 is 2.81 bits per heavy atom. The molecule has 8 nitrogen and oxygen atoms in total. The van der Waals surface area contributed by atoms with E-state index in [-0.39, 0.29) is 11.8 Å². The zero-order chi connectivity index (χ0) is 25.9. The molecule has 1 aliphatic rings. The highest BCUT2D eigenvalue weighted by Gasteiger charge is 2.27. The lowest BCUT2D eigenvalue weighted by atomic mass is 10.1. The van der Waals surface area contributed by atoms with Gasteiger partial charge in [0.25, 0.3) is 11.8 Å². The molecule has 1 aliphatic heterocycles. The van der Waals surface area contributed by atoms with Crippen LogP contribution in [0.2, 0.25) is 0 Å². The molecule has 3 aromatic heterocycles. The maximum absolute atomic E-state index is 13.4. The maximum atomic E-state index is 13.4. The normalized spacial score (nSPS) is 13.5. The molecular weight excluding hydrogens is 484 g/mol. The summed E-state index contributed by atoms with van der Waals surface area (Å²) in [4.78, 5) is 33.0. The highest BCUT2D eigenvalue weighted by Crippen LogP contribution is 2.30. The van der Waals surface area contributed by atoms with Crippen molar-refractivity contribution in [2.75, 3.05) is 22.1 Å². The summed E-state index contributed by atoms with van der Waals surface area (Å²) in [5.41, 5.74) is 3.09. The zero-order valence-corrected chi connectivity index (χ0v) is 21.4. The lowest BCUT2D eigenvalue weighted by Gasteiger charge is -2.18. The molecular formula is C28H26N6O2S. The molecule has 0 saturated carbocycles. The summed E-state index contributed by atoms with van der Waals surface area (Å²) in [5, 5.41) is 13.2. The van der Waals surface area contributed by atoms with E-state index in [4.69, 9.17) is 0 Å². The Morgan fingerprint density at radius 1 is 1.16 bits per heavy atom. The topological polar surface area (TPSA) is 92.2 Å². The average molecular weight is 511 g/mol. The first-order valence-electron chi connectivity index (χ1n) is 11.8. The van der Waals surface area contributed by atoms with Crippen LogP contribution in [0.5, 0.6) is 0 Å². The van der Waals surface area contributed by atoms with Crippen molar-refractivity contribution in [2.45, 2.75) is 20.4 Å². The van der Waals surface area contributed by atoms with E-state index in [1.54, 1.807) is 27.9 Å². The molecule has 0 fully saturated rings. The molecule has 4 aromatic rings. The number of amides is 2. The molecule has 0 saturated heterocycles. The van der Waals surface area contributed by atoms with Gasteiger partial charge in [-0.25, -0.2) is 9.67 Å². The van der Waals surface area contributed by atoms with Crippen LogP contribution in [0, 0.1) is 0 Å². The summed E-state index contributed by atoms with van der Waals surface area (Å²) in [6.45, 7) is 8.86. The van der Waals surface area contributed by atoms with Crippen molar-refractivity contribution in [1.82, 2.24) is 14.8 Å². The van der Waals surface area contributed by atoms with Gasteiger partial charge in [0.2, 0.25) is 0 Å². The van der Waals surface area contributed by atoms with Crippen molar-refractivity contribution in [1.29, 1.82) is 0 Å². The fraction of sp³-hybridized carbons (Fsp3) is 0.143. The highest BCUT2D eigenvalue weighted by molar-refractivity contribution is 7.17. The van der Waals surface area contributed by atoms with Crippen LogP contribution in [0.1, 0.15) is 34.6 Å². The monoisotopic (exact) mass is 510 g/mol. The number of anilines is 3. The first kappa shape index (κ1) is 24.2. The van der Waals surface area contributed by atoms with E-state index in [1.807, 2.05) is 61.7 Å². The van der Waals surface area contributed by atoms with Crippen LogP contribution in [-0.2, 0) is 6.54 Å². The van der Waals surface area contributed by atoms with Crippen LogP contribution in [0.4, 0.5) is 17.3 Å². The quantitative estimate of drug-likeness (QED) is 0.304. The Balaban J connectivity index is 1.52. The molecule has 0 radical (unpaired) electrons. The number of benzene rings is 1. The van der Waals surface area contributed by atoms with Crippen molar-refractivity contribution in [3.63, 3.8) is 0 Å². The van der Waals surface area contributed by atoms with Crippen molar-refractivity contribution >= 4 is 50.6 Å². The number of thiophene rings is 1. The van der Waals surface area contributed by atoms with Gasteiger partial charge in [-0.05, 0) is 37.6 Å². The van der Waals surface area contributed by atoms with Crippen molar-refractivity contribution in [2.24, 2.45) is 0 Å². The van der Waals surface area contributed by atoms with Crippen LogP contribution < -0.4 is 15.5 Å². The number of nitrogens with zero attached hydrogens (tertiary/aromatic N) is 4. The van der Waals surface area contributed by atoms with Gasteiger partial charge in [0.1, 0.15) is 5.82 Å². The van der Waals surface area contributed by atoms with Gasteiger partial charge in [0, 0.05) is 40.0 Å². The van der Waals surface area contributed by atoms with Gasteiger partial charge in [-0.1, -0.05) is 36.9 Å². The van der Waals surface area contributed by atoms with Gasteiger partial charge in [-0.15, -0.1) is 11.3 Å². The number of carbonyl (C=O) groups is 2. The largest absolute Gasteiger partial charge is 0.338 e. The predicted molar refractivity (Wildman–Crippen MR) is 149 cm³/mol. The molecule has 0 unspecified atom stereocenters. The second-order valence-corrected chi connectivity index (χ2v) is 9.41. The minimum absolute atomic E-state index is 0.207. The van der Waals surface area contributed by atoms with Crippen LogP contribution in [-0.4, -0.2) is 33.1 Å². The summed E-state index contributed by atoms with van der Waals surface area (Å²) < 4.78 is 2.82. The smallest absolute Gasteiger partial charge is 0.261 e. The number of nitrogens with one attached hydrogen (secondary N) is 2.